The lowest BCUT2D eigenvalue weighted by Gasteiger charge is -2.16. The number of benzene rings is 4. The molecule has 4 aromatic carbocycles. The number of carbonyl (C=O) groups is 1. The van der Waals surface area contributed by atoms with Crippen LogP contribution in [0.4, 0.5) is 0 Å². The highest BCUT2D eigenvalue weighted by Crippen LogP contribution is 2.29. The van der Waals surface area contributed by atoms with Gasteiger partial charge in [0.05, 0.1) is 6.04 Å². The fraction of sp³-hybridized carbons (Fsp3) is 0.152. The summed E-state index contributed by atoms with van der Waals surface area (Å²) < 4.78 is 2.32. The number of fused-ring (bicyclic) bond motifs is 1. The molecule has 1 heterocycles. The minimum Gasteiger partial charge on any atom is -0.345 e. The Morgan fingerprint density at radius 2 is 1.52 bits per heavy atom. The second-order valence-electron chi connectivity index (χ2n) is 9.54. The molecular weight excluding hydrogens is 543 g/mol. The van der Waals surface area contributed by atoms with Crippen molar-refractivity contribution in [2.75, 3.05) is 0 Å². The van der Waals surface area contributed by atoms with Crippen LogP contribution in [0.15, 0.2) is 91.0 Å². The summed E-state index contributed by atoms with van der Waals surface area (Å²) in [4.78, 5) is 29.4. The Morgan fingerprint density at radius 3 is 2.17 bits per heavy atom. The molecule has 202 valence electrons. The Morgan fingerprint density at radius 1 is 0.875 bits per heavy atom. The van der Waals surface area contributed by atoms with Crippen LogP contribution in [0.5, 0.6) is 0 Å². The van der Waals surface area contributed by atoms with Crippen molar-refractivity contribution in [1.29, 1.82) is 0 Å². The van der Waals surface area contributed by atoms with Crippen molar-refractivity contribution in [2.45, 2.75) is 33.4 Å². The molecule has 0 aliphatic carbocycles. The van der Waals surface area contributed by atoms with Crippen molar-refractivity contribution in [2.24, 2.45) is 0 Å². The third-order valence-electron chi connectivity index (χ3n) is 7.08. The first-order valence-electron chi connectivity index (χ1n) is 12.7. The van der Waals surface area contributed by atoms with Crippen LogP contribution in [0.25, 0.3) is 22.0 Å². The van der Waals surface area contributed by atoms with E-state index in [-0.39, 0.29) is 18.1 Å². The number of amides is 1. The van der Waals surface area contributed by atoms with Gasteiger partial charge in [0, 0.05) is 38.8 Å². The number of aromatic nitrogens is 1. The lowest BCUT2D eigenvalue weighted by molar-refractivity contribution is -0.191. The molecule has 5 aromatic rings. The molecular formula is C33H28Cl2N2O3. The molecule has 1 aromatic heterocycles. The summed E-state index contributed by atoms with van der Waals surface area (Å²) in [5.74, 6) is -0.137. The van der Waals surface area contributed by atoms with Crippen molar-refractivity contribution >= 4 is 46.2 Å². The Hall–Kier alpha value is -4.15. The number of hydrogen-bond acceptors (Lipinski definition) is 3. The van der Waals surface area contributed by atoms with E-state index in [0.717, 1.165) is 23.0 Å². The average Bonchev–Trinajstić information content (AvgIpc) is 3.18. The fourth-order valence-electron chi connectivity index (χ4n) is 4.82. The summed E-state index contributed by atoms with van der Waals surface area (Å²) >= 11 is 12.4. The van der Waals surface area contributed by atoms with Gasteiger partial charge in [-0.1, -0.05) is 83.9 Å². The molecule has 0 unspecified atom stereocenters. The normalized spacial score (nSPS) is 11.3. The topological polar surface area (TPSA) is 68.2 Å². The maximum absolute atomic E-state index is 13.1. The molecule has 1 amide bonds. The second kappa shape index (κ2) is 12.8. The Labute approximate surface area is 243 Å². The maximum atomic E-state index is 13.1. The van der Waals surface area contributed by atoms with Gasteiger partial charge < -0.3 is 9.88 Å². The summed E-state index contributed by atoms with van der Waals surface area (Å²) in [5, 5.41) is 5.26. The molecule has 0 fully saturated rings. The molecule has 0 aliphatic rings. The SMILES string of the molecule is Cc1c(C)n(Cc2ccc(-c3ccccc3)cc2)c2ccc(C(=O)N[C@H](C)c3ccc(Cl)cc3Cl)cc12.O=C=O. The van der Waals surface area contributed by atoms with Crippen molar-refractivity contribution in [3.63, 3.8) is 0 Å². The molecule has 0 bridgehead atoms. The third kappa shape index (κ3) is 6.35. The number of nitrogens with zero attached hydrogens (tertiary/aromatic N) is 1. The summed E-state index contributed by atoms with van der Waals surface area (Å²) in [7, 11) is 0. The van der Waals surface area contributed by atoms with Gasteiger partial charge in [-0.2, -0.15) is 9.59 Å². The Balaban J connectivity index is 0.00000118. The number of nitrogens with one attached hydrogen (secondary N) is 1. The third-order valence-corrected chi connectivity index (χ3v) is 7.64. The molecule has 40 heavy (non-hydrogen) atoms. The van der Waals surface area contributed by atoms with Crippen molar-refractivity contribution in [3.8, 4) is 11.1 Å². The Bertz CT molecular complexity index is 1690. The molecule has 7 heteroatoms. The van der Waals surface area contributed by atoms with Gasteiger partial charge in [-0.25, -0.2) is 0 Å². The molecule has 0 saturated carbocycles. The van der Waals surface area contributed by atoms with Crippen LogP contribution in [0.2, 0.25) is 10.0 Å². The zero-order chi connectivity index (χ0) is 28.8. The van der Waals surface area contributed by atoms with Crippen molar-refractivity contribution in [3.05, 3.63) is 129 Å². The summed E-state index contributed by atoms with van der Waals surface area (Å²) in [6, 6.07) is 30.1. The van der Waals surface area contributed by atoms with Crippen LogP contribution in [0, 0.1) is 13.8 Å². The molecule has 1 N–H and O–H groups in total. The summed E-state index contributed by atoms with van der Waals surface area (Å²) in [5.41, 5.74) is 8.60. The lowest BCUT2D eigenvalue weighted by Crippen LogP contribution is -2.26. The molecule has 0 spiro atoms. The fourth-order valence-corrected chi connectivity index (χ4v) is 5.39. The first-order chi connectivity index (χ1) is 19.2. The van der Waals surface area contributed by atoms with Crippen molar-refractivity contribution in [1.82, 2.24) is 9.88 Å². The van der Waals surface area contributed by atoms with Gasteiger partial charge in [0.25, 0.3) is 5.91 Å². The maximum Gasteiger partial charge on any atom is 0.373 e. The molecule has 5 nitrogen and oxygen atoms in total. The van der Waals surface area contributed by atoms with Gasteiger partial charge in [-0.15, -0.1) is 0 Å². The van der Waals surface area contributed by atoms with Crippen LogP contribution in [0.3, 0.4) is 0 Å². The number of halogens is 2. The van der Waals surface area contributed by atoms with Gasteiger partial charge in [-0.05, 0) is 78.9 Å². The van der Waals surface area contributed by atoms with E-state index in [1.807, 2.05) is 37.3 Å². The number of rotatable bonds is 6. The zero-order valence-corrected chi connectivity index (χ0v) is 23.9. The first-order valence-corrected chi connectivity index (χ1v) is 13.5. The van der Waals surface area contributed by atoms with E-state index in [1.54, 1.807) is 12.1 Å². The zero-order valence-electron chi connectivity index (χ0n) is 22.4. The van der Waals surface area contributed by atoms with Crippen LogP contribution in [0.1, 0.15) is 45.7 Å². The standard InChI is InChI=1S/C32H28Cl2N2O.CO2/c1-20-22(3)36(19-23-9-11-25(12-10-23)24-7-5-4-6-8-24)31-16-13-26(17-29(20)31)32(37)35-21(2)28-15-14-27(33)18-30(28)34;2-1-3/h4-18,21H,19H2,1-3H3,(H,35,37);/t21-;/m1./s1. The van der Waals surface area contributed by atoms with E-state index in [0.29, 0.717) is 15.6 Å². The largest absolute Gasteiger partial charge is 0.373 e. The van der Waals surface area contributed by atoms with Crippen LogP contribution in [-0.4, -0.2) is 16.6 Å². The second-order valence-corrected chi connectivity index (χ2v) is 10.4. The minimum atomic E-state index is -0.251. The lowest BCUT2D eigenvalue weighted by atomic mass is 10.0. The monoisotopic (exact) mass is 570 g/mol. The number of aryl methyl sites for hydroxylation is 1. The number of hydrogen-bond donors (Lipinski definition) is 1. The highest BCUT2D eigenvalue weighted by atomic mass is 35.5. The summed E-state index contributed by atoms with van der Waals surface area (Å²) in [6.07, 6.45) is 0.250. The van der Waals surface area contributed by atoms with Crippen molar-refractivity contribution < 1.29 is 14.4 Å². The summed E-state index contributed by atoms with van der Waals surface area (Å²) in [6.45, 7) is 6.94. The number of carbonyl (C=O) groups excluding carboxylic acids is 3. The predicted octanol–water partition coefficient (Wildman–Crippen LogP) is 8.19. The van der Waals surface area contributed by atoms with Gasteiger partial charge in [0.15, 0.2) is 0 Å². The van der Waals surface area contributed by atoms with E-state index < -0.39 is 0 Å². The highest BCUT2D eigenvalue weighted by Gasteiger charge is 2.17. The van der Waals surface area contributed by atoms with E-state index in [9.17, 15) is 4.79 Å². The predicted molar refractivity (Wildman–Crippen MR) is 160 cm³/mol. The van der Waals surface area contributed by atoms with E-state index >= 15 is 0 Å². The van der Waals surface area contributed by atoms with Gasteiger partial charge in [0.2, 0.25) is 0 Å². The van der Waals surface area contributed by atoms with Gasteiger partial charge in [0.1, 0.15) is 0 Å². The molecule has 5 rings (SSSR count). The van der Waals surface area contributed by atoms with Crippen LogP contribution in [-0.2, 0) is 16.1 Å². The van der Waals surface area contributed by atoms with E-state index in [1.165, 1.54) is 27.9 Å². The smallest absolute Gasteiger partial charge is 0.345 e. The van der Waals surface area contributed by atoms with Gasteiger partial charge in [-0.3, -0.25) is 4.79 Å². The highest BCUT2D eigenvalue weighted by molar-refractivity contribution is 6.35. The van der Waals surface area contributed by atoms with Crippen LogP contribution < -0.4 is 5.32 Å². The molecule has 0 aliphatic heterocycles. The van der Waals surface area contributed by atoms with Gasteiger partial charge >= 0.3 is 6.15 Å². The molecule has 1 atom stereocenters. The first kappa shape index (κ1) is 28.8. The average molecular weight is 572 g/mol. The minimum absolute atomic E-state index is 0.137. The van der Waals surface area contributed by atoms with E-state index in [4.69, 9.17) is 32.8 Å². The van der Waals surface area contributed by atoms with Crippen LogP contribution >= 0.6 is 23.2 Å². The Kier molecular flexibility index (Phi) is 9.23. The quantitative estimate of drug-likeness (QED) is 0.224. The van der Waals surface area contributed by atoms with E-state index in [2.05, 4.69) is 72.3 Å². The molecule has 0 saturated heterocycles. The molecule has 0 radical (unpaired) electrons.